The number of rotatable bonds is 6. The Balaban J connectivity index is 0.00000242. The van der Waals surface area contributed by atoms with Crippen LogP contribution in [0.2, 0.25) is 0 Å². The van der Waals surface area contributed by atoms with E-state index in [0.717, 1.165) is 25.3 Å². The fraction of sp³-hybridized carbons (Fsp3) is 0.562. The van der Waals surface area contributed by atoms with E-state index in [-0.39, 0.29) is 42.8 Å². The van der Waals surface area contributed by atoms with E-state index in [2.05, 4.69) is 27.7 Å². The first-order chi connectivity index (χ1) is 10.1. The first-order valence-electron chi connectivity index (χ1n) is 7.45. The van der Waals surface area contributed by atoms with E-state index < -0.39 is 0 Å². The third-order valence-corrected chi connectivity index (χ3v) is 3.52. The number of hydrogen-bond donors (Lipinski definition) is 2. The number of likely N-dealkylation sites (N-methyl/N-ethyl adjacent to an activating group) is 1. The molecule has 132 valence electrons. The lowest BCUT2D eigenvalue weighted by Crippen LogP contribution is -2.45. The number of nitrogens with zero attached hydrogens (tertiary/aromatic N) is 1. The van der Waals surface area contributed by atoms with Crippen LogP contribution in [0, 0.1) is 0 Å². The minimum Gasteiger partial charge on any atom is -0.378 e. The van der Waals surface area contributed by atoms with E-state index in [1.807, 2.05) is 32.3 Å². The van der Waals surface area contributed by atoms with Crippen LogP contribution in [-0.2, 0) is 9.53 Å². The molecule has 2 N–H and O–H groups in total. The van der Waals surface area contributed by atoms with E-state index in [4.69, 9.17) is 4.74 Å². The van der Waals surface area contributed by atoms with Crippen molar-refractivity contribution in [3.63, 3.8) is 0 Å². The third-order valence-electron chi connectivity index (χ3n) is 3.52. The Morgan fingerprint density at radius 3 is 2.61 bits per heavy atom. The SMILES string of the molecule is CN(C)CC(NC(=O)CC1COCCN1)c1ccccc1.Cl.Cl. The lowest BCUT2D eigenvalue weighted by molar-refractivity contribution is -0.123. The average Bonchev–Trinajstić information content (AvgIpc) is 2.48. The Hall–Kier alpha value is -0.850. The molecule has 1 amide bonds. The highest BCUT2D eigenvalue weighted by molar-refractivity contribution is 5.85. The van der Waals surface area contributed by atoms with Crippen LogP contribution >= 0.6 is 24.8 Å². The van der Waals surface area contributed by atoms with Crippen molar-refractivity contribution < 1.29 is 9.53 Å². The van der Waals surface area contributed by atoms with Crippen LogP contribution in [0.15, 0.2) is 30.3 Å². The Morgan fingerprint density at radius 1 is 1.35 bits per heavy atom. The Kier molecular flexibility index (Phi) is 11.2. The minimum atomic E-state index is 0. The number of halogens is 2. The van der Waals surface area contributed by atoms with Crippen LogP contribution < -0.4 is 10.6 Å². The smallest absolute Gasteiger partial charge is 0.222 e. The van der Waals surface area contributed by atoms with Gasteiger partial charge in [0.1, 0.15) is 0 Å². The standard InChI is InChI=1S/C16H25N3O2.2ClH/c1-19(2)11-15(13-6-4-3-5-7-13)18-16(20)10-14-12-21-9-8-17-14;;/h3-7,14-15,17H,8-12H2,1-2H3,(H,18,20);2*1H. The largest absolute Gasteiger partial charge is 0.378 e. The summed E-state index contributed by atoms with van der Waals surface area (Å²) in [6.07, 6.45) is 0.455. The normalized spacial score (nSPS) is 18.5. The Labute approximate surface area is 151 Å². The maximum Gasteiger partial charge on any atom is 0.222 e. The van der Waals surface area contributed by atoms with Gasteiger partial charge in [-0.3, -0.25) is 4.79 Å². The topological polar surface area (TPSA) is 53.6 Å². The molecule has 2 rings (SSSR count). The number of amides is 1. The number of carbonyl (C=O) groups excluding carboxylic acids is 1. The van der Waals surface area contributed by atoms with E-state index in [0.29, 0.717) is 13.0 Å². The van der Waals surface area contributed by atoms with Gasteiger partial charge in [-0.05, 0) is 19.7 Å². The Morgan fingerprint density at radius 2 is 2.04 bits per heavy atom. The lowest BCUT2D eigenvalue weighted by Gasteiger charge is -2.26. The predicted octanol–water partition coefficient (Wildman–Crippen LogP) is 1.63. The van der Waals surface area contributed by atoms with Crippen LogP contribution in [-0.4, -0.2) is 57.2 Å². The van der Waals surface area contributed by atoms with Gasteiger partial charge in [0.15, 0.2) is 0 Å². The summed E-state index contributed by atoms with van der Waals surface area (Å²) < 4.78 is 5.39. The predicted molar refractivity (Wildman–Crippen MR) is 97.6 cm³/mol. The molecule has 0 bridgehead atoms. The Bertz CT molecular complexity index is 440. The van der Waals surface area contributed by atoms with E-state index in [1.54, 1.807) is 0 Å². The summed E-state index contributed by atoms with van der Waals surface area (Å²) in [6, 6.07) is 10.2. The van der Waals surface area contributed by atoms with Crippen molar-refractivity contribution in [3.8, 4) is 0 Å². The number of nitrogens with one attached hydrogen (secondary N) is 2. The number of morpholine rings is 1. The van der Waals surface area contributed by atoms with Crippen molar-refractivity contribution in [1.82, 2.24) is 15.5 Å². The molecule has 1 aliphatic rings. The zero-order chi connectivity index (χ0) is 15.1. The quantitative estimate of drug-likeness (QED) is 0.806. The molecule has 1 aromatic carbocycles. The third kappa shape index (κ3) is 7.99. The van der Waals surface area contributed by atoms with Gasteiger partial charge in [0, 0.05) is 25.6 Å². The van der Waals surface area contributed by atoms with Gasteiger partial charge in [-0.25, -0.2) is 0 Å². The molecule has 0 aliphatic carbocycles. The van der Waals surface area contributed by atoms with Gasteiger partial charge in [0.2, 0.25) is 5.91 Å². The van der Waals surface area contributed by atoms with Crippen molar-refractivity contribution in [2.24, 2.45) is 0 Å². The lowest BCUT2D eigenvalue weighted by atomic mass is 10.1. The first-order valence-corrected chi connectivity index (χ1v) is 7.45. The number of carbonyl (C=O) groups is 1. The molecule has 1 aromatic rings. The van der Waals surface area contributed by atoms with Gasteiger partial charge in [-0.2, -0.15) is 0 Å². The van der Waals surface area contributed by atoms with Gasteiger partial charge in [-0.1, -0.05) is 30.3 Å². The second-order valence-electron chi connectivity index (χ2n) is 5.72. The molecule has 1 aliphatic heterocycles. The highest BCUT2D eigenvalue weighted by Gasteiger charge is 2.20. The molecule has 23 heavy (non-hydrogen) atoms. The molecule has 0 radical (unpaired) electrons. The molecule has 2 atom stereocenters. The zero-order valence-corrected chi connectivity index (χ0v) is 15.3. The van der Waals surface area contributed by atoms with Gasteiger partial charge in [0.05, 0.1) is 19.3 Å². The van der Waals surface area contributed by atoms with Crippen LogP contribution in [0.4, 0.5) is 0 Å². The molecule has 5 nitrogen and oxygen atoms in total. The van der Waals surface area contributed by atoms with Gasteiger partial charge in [0.25, 0.3) is 0 Å². The second-order valence-corrected chi connectivity index (χ2v) is 5.72. The van der Waals surface area contributed by atoms with Gasteiger partial charge >= 0.3 is 0 Å². The maximum absolute atomic E-state index is 12.3. The highest BCUT2D eigenvalue weighted by Crippen LogP contribution is 2.14. The van der Waals surface area contributed by atoms with E-state index in [9.17, 15) is 4.79 Å². The molecule has 1 heterocycles. The summed E-state index contributed by atoms with van der Waals surface area (Å²) in [7, 11) is 4.03. The van der Waals surface area contributed by atoms with Crippen LogP contribution in [0.5, 0.6) is 0 Å². The molecule has 2 unspecified atom stereocenters. The first kappa shape index (κ1) is 22.1. The molecule has 1 saturated heterocycles. The van der Waals surface area contributed by atoms with Crippen molar-refractivity contribution in [1.29, 1.82) is 0 Å². The molecule has 7 heteroatoms. The van der Waals surface area contributed by atoms with Crippen LogP contribution in [0.3, 0.4) is 0 Å². The molecule has 0 saturated carbocycles. The summed E-state index contributed by atoms with van der Waals surface area (Å²) in [6.45, 7) is 2.94. The fourth-order valence-electron chi connectivity index (χ4n) is 2.51. The van der Waals surface area contributed by atoms with Gasteiger partial charge < -0.3 is 20.3 Å². The van der Waals surface area contributed by atoms with Crippen molar-refractivity contribution in [3.05, 3.63) is 35.9 Å². The highest BCUT2D eigenvalue weighted by atomic mass is 35.5. The summed E-state index contributed by atoms with van der Waals surface area (Å²) >= 11 is 0. The monoisotopic (exact) mass is 363 g/mol. The van der Waals surface area contributed by atoms with Gasteiger partial charge in [-0.15, -0.1) is 24.8 Å². The summed E-state index contributed by atoms with van der Waals surface area (Å²) in [5, 5.41) is 6.44. The molecular formula is C16H27Cl2N3O2. The second kappa shape index (κ2) is 11.6. The number of ether oxygens (including phenoxy) is 1. The fourth-order valence-corrected chi connectivity index (χ4v) is 2.51. The van der Waals surface area contributed by atoms with Crippen LogP contribution in [0.25, 0.3) is 0 Å². The zero-order valence-electron chi connectivity index (χ0n) is 13.7. The summed E-state index contributed by atoms with van der Waals surface area (Å²) in [5.41, 5.74) is 1.13. The van der Waals surface area contributed by atoms with Crippen molar-refractivity contribution in [2.75, 3.05) is 40.4 Å². The number of benzene rings is 1. The number of hydrogen-bond acceptors (Lipinski definition) is 4. The average molecular weight is 364 g/mol. The van der Waals surface area contributed by atoms with E-state index >= 15 is 0 Å². The van der Waals surface area contributed by atoms with Crippen molar-refractivity contribution >= 4 is 30.7 Å². The van der Waals surface area contributed by atoms with E-state index in [1.165, 1.54) is 0 Å². The summed E-state index contributed by atoms with van der Waals surface area (Å²) in [4.78, 5) is 14.3. The van der Waals surface area contributed by atoms with Crippen molar-refractivity contribution in [2.45, 2.75) is 18.5 Å². The molecule has 0 spiro atoms. The van der Waals surface area contributed by atoms with Crippen LogP contribution in [0.1, 0.15) is 18.0 Å². The maximum atomic E-state index is 12.3. The minimum absolute atomic E-state index is 0. The molecule has 0 aromatic heterocycles. The summed E-state index contributed by atoms with van der Waals surface area (Å²) in [5.74, 6) is 0.0636. The molecule has 1 fully saturated rings. The molecular weight excluding hydrogens is 337 g/mol.